The number of rotatable bonds is 7. The van der Waals surface area contributed by atoms with Crippen LogP contribution in [0, 0.1) is 5.92 Å². The Bertz CT molecular complexity index is 414. The van der Waals surface area contributed by atoms with Gasteiger partial charge in [-0.25, -0.2) is 0 Å². The second-order valence-corrected chi connectivity index (χ2v) is 4.86. The molecule has 0 aliphatic rings. The first kappa shape index (κ1) is 16.8. The number of halogens is 3. The summed E-state index contributed by atoms with van der Waals surface area (Å²) in [5.74, 6) is 0.185. The molecule has 0 aliphatic carbocycles. The van der Waals surface area contributed by atoms with E-state index in [9.17, 15) is 13.2 Å². The molecule has 1 aromatic rings. The van der Waals surface area contributed by atoms with E-state index in [-0.39, 0.29) is 11.7 Å². The minimum absolute atomic E-state index is 0.0924. The third-order valence-electron chi connectivity index (χ3n) is 3.41. The summed E-state index contributed by atoms with van der Waals surface area (Å²) in [5, 5.41) is 0. The fourth-order valence-electron chi connectivity index (χ4n) is 1.98. The highest BCUT2D eigenvalue weighted by Gasteiger charge is 2.34. The topological polar surface area (TPSA) is 35.2 Å². The monoisotopic (exact) mass is 289 g/mol. The normalized spacial score (nSPS) is 11.9. The van der Waals surface area contributed by atoms with Gasteiger partial charge in [0.1, 0.15) is 5.75 Å². The smallest absolute Gasteiger partial charge is 0.419 e. The molecule has 0 aliphatic heterocycles. The molecule has 0 amide bonds. The van der Waals surface area contributed by atoms with Crippen LogP contribution in [0.15, 0.2) is 18.2 Å². The highest BCUT2D eigenvalue weighted by Crippen LogP contribution is 2.37. The van der Waals surface area contributed by atoms with Gasteiger partial charge in [0.15, 0.2) is 0 Å². The van der Waals surface area contributed by atoms with Crippen LogP contribution in [0.4, 0.5) is 13.2 Å². The van der Waals surface area contributed by atoms with E-state index in [0.717, 1.165) is 18.9 Å². The molecule has 0 radical (unpaired) electrons. The van der Waals surface area contributed by atoms with Gasteiger partial charge in [-0.3, -0.25) is 0 Å². The summed E-state index contributed by atoms with van der Waals surface area (Å²) in [5.41, 5.74) is 5.24. The zero-order valence-corrected chi connectivity index (χ0v) is 12.0. The Morgan fingerprint density at radius 3 is 2.35 bits per heavy atom. The zero-order valence-electron chi connectivity index (χ0n) is 12.0. The van der Waals surface area contributed by atoms with E-state index in [2.05, 4.69) is 0 Å². The standard InChI is InChI=1S/C15H22F3NO/c1-3-11(4-2)10-20-14-6-5-12(7-8-19)9-13(14)15(16,17)18/h5-6,9,11H,3-4,7-8,10,19H2,1-2H3. The van der Waals surface area contributed by atoms with Gasteiger partial charge in [-0.1, -0.05) is 32.8 Å². The molecule has 0 spiro atoms. The lowest BCUT2D eigenvalue weighted by molar-refractivity contribution is -0.139. The summed E-state index contributed by atoms with van der Waals surface area (Å²) in [7, 11) is 0. The van der Waals surface area contributed by atoms with Crippen LogP contribution in [0.2, 0.25) is 0 Å². The number of nitrogens with two attached hydrogens (primary N) is 1. The summed E-state index contributed by atoms with van der Waals surface area (Å²) >= 11 is 0. The fourth-order valence-corrected chi connectivity index (χ4v) is 1.98. The molecule has 0 unspecified atom stereocenters. The Morgan fingerprint density at radius 1 is 1.20 bits per heavy atom. The van der Waals surface area contributed by atoms with Crippen molar-refractivity contribution in [3.63, 3.8) is 0 Å². The Kier molecular flexibility index (Phi) is 6.33. The number of hydrogen-bond donors (Lipinski definition) is 1. The molecular formula is C15H22F3NO. The minimum Gasteiger partial charge on any atom is -0.493 e. The van der Waals surface area contributed by atoms with Crippen LogP contribution in [0.3, 0.4) is 0 Å². The maximum atomic E-state index is 13.0. The Morgan fingerprint density at radius 2 is 1.85 bits per heavy atom. The molecule has 2 nitrogen and oxygen atoms in total. The molecule has 0 saturated heterocycles. The van der Waals surface area contributed by atoms with Gasteiger partial charge in [-0.15, -0.1) is 0 Å². The average Bonchev–Trinajstić information content (AvgIpc) is 2.40. The summed E-state index contributed by atoms with van der Waals surface area (Å²) in [4.78, 5) is 0. The predicted octanol–water partition coefficient (Wildman–Crippen LogP) is 4.02. The van der Waals surface area contributed by atoms with Crippen molar-refractivity contribution in [1.29, 1.82) is 0 Å². The molecule has 0 atom stereocenters. The lowest BCUT2D eigenvalue weighted by Gasteiger charge is -2.18. The fraction of sp³-hybridized carbons (Fsp3) is 0.600. The second-order valence-electron chi connectivity index (χ2n) is 4.86. The summed E-state index contributed by atoms with van der Waals surface area (Å²) in [6, 6.07) is 4.18. The van der Waals surface area contributed by atoms with Gasteiger partial charge in [-0.2, -0.15) is 13.2 Å². The number of benzene rings is 1. The zero-order chi connectivity index (χ0) is 15.2. The van der Waals surface area contributed by atoms with Crippen LogP contribution < -0.4 is 10.5 Å². The molecule has 114 valence electrons. The van der Waals surface area contributed by atoms with Gasteiger partial charge in [0.2, 0.25) is 0 Å². The number of alkyl halides is 3. The van der Waals surface area contributed by atoms with E-state index < -0.39 is 11.7 Å². The van der Waals surface area contributed by atoms with Crippen molar-refractivity contribution in [2.45, 2.75) is 39.3 Å². The molecule has 0 bridgehead atoms. The maximum Gasteiger partial charge on any atom is 0.419 e. The molecule has 20 heavy (non-hydrogen) atoms. The number of hydrogen-bond acceptors (Lipinski definition) is 2. The van der Waals surface area contributed by atoms with Gasteiger partial charge >= 0.3 is 6.18 Å². The van der Waals surface area contributed by atoms with Crippen molar-refractivity contribution >= 4 is 0 Å². The van der Waals surface area contributed by atoms with Gasteiger partial charge in [0, 0.05) is 0 Å². The highest BCUT2D eigenvalue weighted by molar-refractivity contribution is 5.39. The summed E-state index contributed by atoms with van der Waals surface area (Å²) in [6.45, 7) is 4.65. The molecule has 5 heteroatoms. The third-order valence-corrected chi connectivity index (χ3v) is 3.41. The third kappa shape index (κ3) is 4.71. The summed E-state index contributed by atoms with van der Waals surface area (Å²) in [6.07, 6.45) is -2.20. The Balaban J connectivity index is 2.94. The van der Waals surface area contributed by atoms with Crippen molar-refractivity contribution < 1.29 is 17.9 Å². The lowest BCUT2D eigenvalue weighted by Crippen LogP contribution is -2.15. The lowest BCUT2D eigenvalue weighted by atomic mass is 10.0. The first-order valence-electron chi connectivity index (χ1n) is 6.95. The molecule has 1 rings (SSSR count). The molecule has 1 aromatic carbocycles. The van der Waals surface area contributed by atoms with Crippen LogP contribution in [-0.2, 0) is 12.6 Å². The van der Waals surface area contributed by atoms with Crippen molar-refractivity contribution in [1.82, 2.24) is 0 Å². The van der Waals surface area contributed by atoms with Gasteiger partial charge in [0.25, 0.3) is 0 Å². The van der Waals surface area contributed by atoms with E-state index in [4.69, 9.17) is 10.5 Å². The van der Waals surface area contributed by atoms with E-state index in [1.807, 2.05) is 13.8 Å². The van der Waals surface area contributed by atoms with Crippen LogP contribution in [0.5, 0.6) is 5.75 Å². The molecular weight excluding hydrogens is 267 g/mol. The van der Waals surface area contributed by atoms with E-state index in [1.54, 1.807) is 6.07 Å². The van der Waals surface area contributed by atoms with E-state index >= 15 is 0 Å². The van der Waals surface area contributed by atoms with Crippen molar-refractivity contribution in [3.8, 4) is 5.75 Å². The first-order valence-corrected chi connectivity index (χ1v) is 6.95. The highest BCUT2D eigenvalue weighted by atomic mass is 19.4. The number of ether oxygens (including phenoxy) is 1. The Labute approximate surface area is 118 Å². The van der Waals surface area contributed by atoms with Crippen molar-refractivity contribution in [3.05, 3.63) is 29.3 Å². The van der Waals surface area contributed by atoms with Gasteiger partial charge in [-0.05, 0) is 36.6 Å². The van der Waals surface area contributed by atoms with Crippen LogP contribution >= 0.6 is 0 Å². The largest absolute Gasteiger partial charge is 0.493 e. The molecule has 0 heterocycles. The van der Waals surface area contributed by atoms with Crippen LogP contribution in [0.1, 0.15) is 37.8 Å². The van der Waals surface area contributed by atoms with Crippen LogP contribution in [-0.4, -0.2) is 13.2 Å². The molecule has 0 fully saturated rings. The predicted molar refractivity (Wildman–Crippen MR) is 73.8 cm³/mol. The molecule has 0 aromatic heterocycles. The van der Waals surface area contributed by atoms with E-state index in [1.165, 1.54) is 6.07 Å². The molecule has 0 saturated carbocycles. The van der Waals surface area contributed by atoms with Gasteiger partial charge in [0.05, 0.1) is 12.2 Å². The second kappa shape index (κ2) is 7.53. The van der Waals surface area contributed by atoms with Crippen molar-refractivity contribution in [2.75, 3.05) is 13.2 Å². The SMILES string of the molecule is CCC(CC)COc1ccc(CCN)cc1C(F)(F)F. The maximum absolute atomic E-state index is 13.0. The van der Waals surface area contributed by atoms with Gasteiger partial charge < -0.3 is 10.5 Å². The van der Waals surface area contributed by atoms with E-state index in [0.29, 0.717) is 25.1 Å². The first-order chi connectivity index (χ1) is 9.42. The minimum atomic E-state index is -4.41. The average molecular weight is 289 g/mol. The Hall–Kier alpha value is -1.23. The van der Waals surface area contributed by atoms with Crippen LogP contribution in [0.25, 0.3) is 0 Å². The molecule has 2 N–H and O–H groups in total. The summed E-state index contributed by atoms with van der Waals surface area (Å²) < 4.78 is 44.5. The quantitative estimate of drug-likeness (QED) is 0.822. The van der Waals surface area contributed by atoms with Crippen molar-refractivity contribution in [2.24, 2.45) is 11.7 Å².